The number of carbonyl (C=O) groups excluding carboxylic acids is 1. The van der Waals surface area contributed by atoms with Crippen LogP contribution < -0.4 is 10.3 Å². The number of hydrogen-bond acceptors (Lipinski definition) is 4. The quantitative estimate of drug-likeness (QED) is 0.384. The van der Waals surface area contributed by atoms with Gasteiger partial charge in [-0.2, -0.15) is 0 Å². The van der Waals surface area contributed by atoms with Crippen molar-refractivity contribution in [1.82, 2.24) is 14.5 Å². The fourth-order valence-corrected chi connectivity index (χ4v) is 4.02. The fourth-order valence-electron chi connectivity index (χ4n) is 4.02. The Morgan fingerprint density at radius 3 is 2.38 bits per heavy atom. The number of fused-ring (bicyclic) bond motifs is 1. The second-order valence-electron chi connectivity index (χ2n) is 8.01. The molecule has 1 unspecified atom stereocenters. The fraction of sp³-hybridized carbons (Fsp3) is 0.222. The highest BCUT2D eigenvalue weighted by Gasteiger charge is 2.27. The van der Waals surface area contributed by atoms with E-state index in [0.29, 0.717) is 46.7 Å². The Balaban J connectivity index is 1.88. The van der Waals surface area contributed by atoms with Gasteiger partial charge in [-0.25, -0.2) is 9.37 Å². The predicted octanol–water partition coefficient (Wildman–Crippen LogP) is 5.15. The number of benzene rings is 3. The number of nitrogens with zero attached hydrogens (tertiary/aromatic N) is 3. The lowest BCUT2D eigenvalue weighted by Gasteiger charge is -2.30. The average molecular weight is 460 g/mol. The highest BCUT2D eigenvalue weighted by molar-refractivity contribution is 5.94. The first-order valence-electron chi connectivity index (χ1n) is 11.2. The lowest BCUT2D eigenvalue weighted by Crippen LogP contribution is -2.38. The number of carbonyl (C=O) groups is 1. The summed E-state index contributed by atoms with van der Waals surface area (Å²) in [6.45, 7) is 4.28. The van der Waals surface area contributed by atoms with E-state index in [1.807, 2.05) is 19.9 Å². The maximum atomic E-state index is 13.6. The number of aromatic nitrogens is 2. The summed E-state index contributed by atoms with van der Waals surface area (Å²) in [6.07, 6.45) is 0.706. The highest BCUT2D eigenvalue weighted by Crippen LogP contribution is 2.25. The molecule has 34 heavy (non-hydrogen) atoms. The van der Waals surface area contributed by atoms with E-state index >= 15 is 0 Å². The number of halogens is 1. The van der Waals surface area contributed by atoms with Crippen molar-refractivity contribution in [1.29, 1.82) is 0 Å². The molecule has 0 aliphatic rings. The second kappa shape index (κ2) is 9.87. The van der Waals surface area contributed by atoms with Crippen LogP contribution in [0.15, 0.2) is 77.6 Å². The maximum Gasteiger partial charge on any atom is 0.266 e. The zero-order chi connectivity index (χ0) is 24.2. The molecule has 0 aliphatic carbocycles. The number of para-hydroxylation sites is 1. The van der Waals surface area contributed by atoms with Crippen LogP contribution in [-0.4, -0.2) is 34.0 Å². The van der Waals surface area contributed by atoms with Gasteiger partial charge in [0.05, 0.1) is 29.7 Å². The minimum atomic E-state index is -0.531. The van der Waals surface area contributed by atoms with Crippen molar-refractivity contribution < 1.29 is 13.9 Å². The smallest absolute Gasteiger partial charge is 0.266 e. The Kier molecular flexibility index (Phi) is 6.72. The number of methoxy groups -OCH3 is 1. The number of rotatable bonds is 7. The minimum Gasteiger partial charge on any atom is -0.497 e. The van der Waals surface area contributed by atoms with E-state index in [9.17, 15) is 14.0 Å². The van der Waals surface area contributed by atoms with Crippen molar-refractivity contribution in [3.05, 3.63) is 100 Å². The Hall–Kier alpha value is -4.00. The van der Waals surface area contributed by atoms with Gasteiger partial charge in [0, 0.05) is 12.1 Å². The summed E-state index contributed by atoms with van der Waals surface area (Å²) in [6, 6.07) is 19.2. The number of amides is 1. The Labute approximate surface area is 197 Å². The summed E-state index contributed by atoms with van der Waals surface area (Å²) in [5, 5.41) is 0.487. The molecule has 3 aromatic carbocycles. The molecule has 1 amide bonds. The molecule has 0 bridgehead atoms. The molecule has 0 saturated heterocycles. The molecule has 0 fully saturated rings. The molecule has 0 N–H and O–H groups in total. The highest BCUT2D eigenvalue weighted by atomic mass is 19.1. The molecule has 1 atom stereocenters. The summed E-state index contributed by atoms with van der Waals surface area (Å²) < 4.78 is 20.2. The van der Waals surface area contributed by atoms with Crippen LogP contribution in [0.2, 0.25) is 0 Å². The normalized spacial score (nSPS) is 11.9. The van der Waals surface area contributed by atoms with Gasteiger partial charge in [0.25, 0.3) is 11.5 Å². The van der Waals surface area contributed by atoms with Crippen molar-refractivity contribution in [3.8, 4) is 11.4 Å². The zero-order valence-electron chi connectivity index (χ0n) is 19.4. The van der Waals surface area contributed by atoms with Crippen molar-refractivity contribution in [3.63, 3.8) is 0 Å². The van der Waals surface area contributed by atoms with Crippen LogP contribution in [0, 0.1) is 5.82 Å². The van der Waals surface area contributed by atoms with E-state index in [4.69, 9.17) is 9.72 Å². The molecule has 7 heteroatoms. The second-order valence-corrected chi connectivity index (χ2v) is 8.01. The molecule has 0 radical (unpaired) electrons. The zero-order valence-corrected chi connectivity index (χ0v) is 19.4. The maximum absolute atomic E-state index is 13.6. The first-order chi connectivity index (χ1) is 16.4. The lowest BCUT2D eigenvalue weighted by atomic mass is 10.1. The first-order valence-corrected chi connectivity index (χ1v) is 11.2. The molecule has 4 aromatic rings. The van der Waals surface area contributed by atoms with E-state index in [1.54, 1.807) is 59.0 Å². The molecule has 1 heterocycles. The van der Waals surface area contributed by atoms with Gasteiger partial charge in [0.15, 0.2) is 0 Å². The molecule has 4 rings (SSSR count). The SMILES string of the molecule is CCCN(C(=O)c1ccc(F)cc1)C(C)c1nc2ccccc2c(=O)n1-c1ccc(OC)cc1. The molecule has 0 saturated carbocycles. The van der Waals surface area contributed by atoms with Gasteiger partial charge in [-0.1, -0.05) is 19.1 Å². The third kappa shape index (κ3) is 4.41. The summed E-state index contributed by atoms with van der Waals surface area (Å²) in [7, 11) is 1.58. The van der Waals surface area contributed by atoms with Crippen molar-refractivity contribution in [2.24, 2.45) is 0 Å². The topological polar surface area (TPSA) is 64.4 Å². The van der Waals surface area contributed by atoms with Gasteiger partial charge in [0.1, 0.15) is 17.4 Å². The largest absolute Gasteiger partial charge is 0.497 e. The van der Waals surface area contributed by atoms with Crippen molar-refractivity contribution >= 4 is 16.8 Å². The molecule has 1 aromatic heterocycles. The average Bonchev–Trinajstić information content (AvgIpc) is 2.87. The van der Waals surface area contributed by atoms with E-state index in [2.05, 4.69) is 0 Å². The molecule has 6 nitrogen and oxygen atoms in total. The third-order valence-electron chi connectivity index (χ3n) is 5.79. The van der Waals surface area contributed by atoms with Crippen LogP contribution in [0.25, 0.3) is 16.6 Å². The van der Waals surface area contributed by atoms with E-state index < -0.39 is 11.9 Å². The standard InChI is InChI=1S/C27H26FN3O3/c1-4-17-30(26(32)19-9-11-20(28)12-10-19)18(2)25-29-24-8-6-5-7-23(24)27(33)31(25)21-13-15-22(34-3)16-14-21/h5-16,18H,4,17H2,1-3H3. The number of ether oxygens (including phenoxy) is 1. The predicted molar refractivity (Wildman–Crippen MR) is 130 cm³/mol. The van der Waals surface area contributed by atoms with Gasteiger partial charge >= 0.3 is 0 Å². The van der Waals surface area contributed by atoms with Crippen LogP contribution in [0.4, 0.5) is 4.39 Å². The number of hydrogen-bond donors (Lipinski definition) is 0. The molecule has 174 valence electrons. The Morgan fingerprint density at radius 1 is 1.06 bits per heavy atom. The van der Waals surface area contributed by atoms with Gasteiger partial charge < -0.3 is 9.64 Å². The van der Waals surface area contributed by atoms with Crippen molar-refractivity contribution in [2.45, 2.75) is 26.3 Å². The van der Waals surface area contributed by atoms with E-state index in [-0.39, 0.29) is 11.5 Å². The van der Waals surface area contributed by atoms with Crippen LogP contribution >= 0.6 is 0 Å². The van der Waals surface area contributed by atoms with Crippen LogP contribution in [-0.2, 0) is 0 Å². The monoisotopic (exact) mass is 459 g/mol. The Bertz CT molecular complexity index is 1370. The summed E-state index contributed by atoms with van der Waals surface area (Å²) >= 11 is 0. The van der Waals surface area contributed by atoms with Gasteiger partial charge in [-0.05, 0) is 74.0 Å². The molecule has 0 spiro atoms. The molecular formula is C27H26FN3O3. The summed E-state index contributed by atoms with van der Waals surface area (Å²) in [5.41, 5.74) is 1.34. The summed E-state index contributed by atoms with van der Waals surface area (Å²) in [5.74, 6) is 0.450. The van der Waals surface area contributed by atoms with Gasteiger partial charge in [0.2, 0.25) is 0 Å². The lowest BCUT2D eigenvalue weighted by molar-refractivity contribution is 0.0681. The first kappa shape index (κ1) is 23.2. The van der Waals surface area contributed by atoms with E-state index in [1.165, 1.54) is 24.3 Å². The van der Waals surface area contributed by atoms with Gasteiger partial charge in [-0.3, -0.25) is 14.2 Å². The molecular weight excluding hydrogens is 433 g/mol. The van der Waals surface area contributed by atoms with Crippen molar-refractivity contribution in [2.75, 3.05) is 13.7 Å². The Morgan fingerprint density at radius 2 is 1.74 bits per heavy atom. The van der Waals surface area contributed by atoms with Crippen LogP contribution in [0.3, 0.4) is 0 Å². The van der Waals surface area contributed by atoms with Crippen LogP contribution in [0.5, 0.6) is 5.75 Å². The van der Waals surface area contributed by atoms with Crippen LogP contribution in [0.1, 0.15) is 42.5 Å². The van der Waals surface area contributed by atoms with Gasteiger partial charge in [-0.15, -0.1) is 0 Å². The van der Waals surface area contributed by atoms with E-state index in [0.717, 1.165) is 0 Å². The summed E-state index contributed by atoms with van der Waals surface area (Å²) in [4.78, 5) is 33.5. The minimum absolute atomic E-state index is 0.219. The third-order valence-corrected chi connectivity index (χ3v) is 5.79. The molecule has 0 aliphatic heterocycles.